The Balaban J connectivity index is 1.56. The summed E-state index contributed by atoms with van der Waals surface area (Å²) in [5.74, 6) is -0.889. The van der Waals surface area contributed by atoms with Crippen LogP contribution in [0.15, 0.2) is 42.5 Å². The van der Waals surface area contributed by atoms with Gasteiger partial charge in [-0.1, -0.05) is 24.3 Å². The van der Waals surface area contributed by atoms with E-state index in [4.69, 9.17) is 5.73 Å². The minimum atomic E-state index is -4.76. The molecule has 2 aromatic carbocycles. The molecular weight excluding hydrogens is 357 g/mol. The Morgan fingerprint density at radius 3 is 2.70 bits per heavy atom. The monoisotopic (exact) mass is 376 g/mol. The molecule has 2 unspecified atom stereocenters. The summed E-state index contributed by atoms with van der Waals surface area (Å²) in [7, 11) is 0. The van der Waals surface area contributed by atoms with Crippen molar-refractivity contribution in [3.8, 4) is 5.75 Å². The lowest BCUT2D eigenvalue weighted by Gasteiger charge is -2.30. The maximum Gasteiger partial charge on any atom is 0.573 e. The van der Waals surface area contributed by atoms with Crippen LogP contribution in [0.4, 0.5) is 24.5 Å². The van der Waals surface area contributed by atoms with Crippen LogP contribution in [0, 0.1) is 5.92 Å². The third-order valence-electron chi connectivity index (χ3n) is 5.20. The quantitative estimate of drug-likeness (QED) is 0.815. The van der Waals surface area contributed by atoms with Gasteiger partial charge in [-0.15, -0.1) is 13.2 Å². The third kappa shape index (κ3) is 3.46. The highest BCUT2D eigenvalue weighted by molar-refractivity contribution is 5.99. The summed E-state index contributed by atoms with van der Waals surface area (Å²) in [5.41, 5.74) is 8.91. The Hall–Kier alpha value is -2.70. The number of hydrogen-bond acceptors (Lipinski definition) is 3. The van der Waals surface area contributed by atoms with E-state index in [1.807, 2.05) is 18.2 Å². The maximum absolute atomic E-state index is 13.0. The molecule has 0 saturated heterocycles. The molecule has 0 bridgehead atoms. The number of anilines is 2. The first-order valence-electron chi connectivity index (χ1n) is 8.88. The normalized spacial score (nSPS) is 21.5. The zero-order valence-electron chi connectivity index (χ0n) is 14.5. The fourth-order valence-electron chi connectivity index (χ4n) is 3.90. The summed E-state index contributed by atoms with van der Waals surface area (Å²) in [6.07, 6.45) is -2.60. The zero-order chi connectivity index (χ0) is 19.2. The molecule has 4 nitrogen and oxygen atoms in total. The van der Waals surface area contributed by atoms with Crippen LogP contribution in [0.1, 0.15) is 29.9 Å². The average molecular weight is 376 g/mol. The van der Waals surface area contributed by atoms with Gasteiger partial charge >= 0.3 is 6.36 Å². The van der Waals surface area contributed by atoms with Crippen molar-refractivity contribution in [3.05, 3.63) is 53.6 Å². The van der Waals surface area contributed by atoms with Crippen LogP contribution in [0.2, 0.25) is 0 Å². The highest BCUT2D eigenvalue weighted by atomic mass is 19.4. The number of nitrogen functional groups attached to an aromatic ring is 1. The number of alkyl halides is 3. The molecule has 0 spiro atoms. The molecule has 0 aromatic heterocycles. The number of amides is 1. The number of rotatable bonds is 3. The molecule has 1 amide bonds. The second kappa shape index (κ2) is 6.48. The molecule has 2 aromatic rings. The summed E-state index contributed by atoms with van der Waals surface area (Å²) in [6, 6.07) is 11.6. The number of fused-ring (bicyclic) bond motifs is 1. The zero-order valence-corrected chi connectivity index (χ0v) is 14.5. The number of carbonyl (C=O) groups is 1. The summed E-state index contributed by atoms with van der Waals surface area (Å²) in [5, 5.41) is 0. The lowest BCUT2D eigenvalue weighted by Crippen LogP contribution is -2.37. The van der Waals surface area contributed by atoms with Gasteiger partial charge in [0.1, 0.15) is 5.75 Å². The number of ether oxygens (including phenoxy) is 1. The van der Waals surface area contributed by atoms with Crippen molar-refractivity contribution in [1.82, 2.24) is 0 Å². The predicted molar refractivity (Wildman–Crippen MR) is 95.5 cm³/mol. The smallest absolute Gasteiger partial charge is 0.405 e. The van der Waals surface area contributed by atoms with Gasteiger partial charge in [0, 0.05) is 23.8 Å². The van der Waals surface area contributed by atoms with Gasteiger partial charge in [-0.25, -0.2) is 0 Å². The number of hydrogen-bond donors (Lipinski definition) is 1. The van der Waals surface area contributed by atoms with Gasteiger partial charge in [0.25, 0.3) is 0 Å². The molecule has 2 atom stereocenters. The van der Waals surface area contributed by atoms with E-state index in [-0.39, 0.29) is 23.5 Å². The van der Waals surface area contributed by atoms with E-state index in [0.717, 1.165) is 24.1 Å². The Kier molecular flexibility index (Phi) is 4.25. The second-order valence-electron chi connectivity index (χ2n) is 6.97. The van der Waals surface area contributed by atoms with Gasteiger partial charge < -0.3 is 15.4 Å². The molecular formula is C20H19F3N2O2. The Labute approximate surface area is 154 Å². The number of halogens is 3. The molecule has 1 saturated carbocycles. The molecule has 27 heavy (non-hydrogen) atoms. The Morgan fingerprint density at radius 2 is 1.93 bits per heavy atom. The van der Waals surface area contributed by atoms with Gasteiger partial charge in [0.05, 0.1) is 0 Å². The van der Waals surface area contributed by atoms with Crippen molar-refractivity contribution in [2.24, 2.45) is 5.92 Å². The van der Waals surface area contributed by atoms with E-state index in [9.17, 15) is 18.0 Å². The largest absolute Gasteiger partial charge is 0.573 e. The number of carbonyl (C=O) groups excluding carboxylic acids is 1. The third-order valence-corrected chi connectivity index (χ3v) is 5.20. The van der Waals surface area contributed by atoms with E-state index < -0.39 is 6.36 Å². The summed E-state index contributed by atoms with van der Waals surface area (Å²) in [6.45, 7) is 0.596. The minimum absolute atomic E-state index is 0.0617. The van der Waals surface area contributed by atoms with Crippen LogP contribution in [-0.2, 0) is 11.2 Å². The van der Waals surface area contributed by atoms with Crippen LogP contribution in [0.25, 0.3) is 0 Å². The fraction of sp³-hybridized carbons (Fsp3) is 0.350. The van der Waals surface area contributed by atoms with E-state index >= 15 is 0 Å². The molecule has 7 heteroatoms. The van der Waals surface area contributed by atoms with Crippen LogP contribution < -0.4 is 15.4 Å². The Morgan fingerprint density at radius 1 is 1.15 bits per heavy atom. The number of nitrogens with two attached hydrogens (primary N) is 1. The van der Waals surface area contributed by atoms with E-state index in [0.29, 0.717) is 24.2 Å². The van der Waals surface area contributed by atoms with Gasteiger partial charge in [-0.2, -0.15) is 0 Å². The SMILES string of the molecule is Nc1cccc2c1CCCN2C(=O)C1CC1c1ccccc1OC(F)(F)F. The van der Waals surface area contributed by atoms with Gasteiger partial charge in [-0.05, 0) is 54.5 Å². The standard InChI is InChI=1S/C20H19F3N2O2/c21-20(22,23)27-18-9-2-1-5-12(18)14-11-15(14)19(26)25-10-4-6-13-16(24)7-3-8-17(13)25/h1-3,5,7-9,14-15H,4,6,10-11,24H2. The topological polar surface area (TPSA) is 55.6 Å². The first-order chi connectivity index (χ1) is 12.8. The first kappa shape index (κ1) is 17.7. The van der Waals surface area contributed by atoms with Crippen LogP contribution in [0.3, 0.4) is 0 Å². The highest BCUT2D eigenvalue weighted by Crippen LogP contribution is 2.52. The van der Waals surface area contributed by atoms with Gasteiger partial charge in [0.2, 0.25) is 5.91 Å². The van der Waals surface area contributed by atoms with Gasteiger partial charge in [-0.3, -0.25) is 4.79 Å². The lowest BCUT2D eigenvalue weighted by atomic mass is 9.99. The Bertz CT molecular complexity index is 882. The number of para-hydroxylation sites is 1. The molecule has 1 heterocycles. The maximum atomic E-state index is 13.0. The molecule has 4 rings (SSSR count). The van der Waals surface area contributed by atoms with Crippen molar-refractivity contribution in [2.75, 3.05) is 17.2 Å². The molecule has 0 radical (unpaired) electrons. The van der Waals surface area contributed by atoms with E-state index in [1.165, 1.54) is 12.1 Å². The number of benzene rings is 2. The van der Waals surface area contributed by atoms with Crippen molar-refractivity contribution in [1.29, 1.82) is 0 Å². The van der Waals surface area contributed by atoms with E-state index in [2.05, 4.69) is 4.74 Å². The van der Waals surface area contributed by atoms with Crippen LogP contribution in [0.5, 0.6) is 5.75 Å². The second-order valence-corrected chi connectivity index (χ2v) is 6.97. The van der Waals surface area contributed by atoms with Crippen molar-refractivity contribution in [3.63, 3.8) is 0 Å². The van der Waals surface area contributed by atoms with Crippen LogP contribution >= 0.6 is 0 Å². The summed E-state index contributed by atoms with van der Waals surface area (Å²) >= 11 is 0. The highest BCUT2D eigenvalue weighted by Gasteiger charge is 2.48. The van der Waals surface area contributed by atoms with Crippen LogP contribution in [-0.4, -0.2) is 18.8 Å². The predicted octanol–water partition coefficient (Wildman–Crippen LogP) is 4.25. The molecule has 1 aliphatic heterocycles. The summed E-state index contributed by atoms with van der Waals surface area (Å²) in [4.78, 5) is 14.8. The molecule has 2 N–H and O–H groups in total. The average Bonchev–Trinajstić information content (AvgIpc) is 3.41. The van der Waals surface area contributed by atoms with Crippen molar-refractivity contribution < 1.29 is 22.7 Å². The molecule has 1 fully saturated rings. The lowest BCUT2D eigenvalue weighted by molar-refractivity contribution is -0.274. The van der Waals surface area contributed by atoms with E-state index in [1.54, 1.807) is 17.0 Å². The molecule has 1 aliphatic carbocycles. The number of nitrogens with zero attached hydrogens (tertiary/aromatic N) is 1. The van der Waals surface area contributed by atoms with Gasteiger partial charge in [0.15, 0.2) is 0 Å². The molecule has 142 valence electrons. The first-order valence-corrected chi connectivity index (χ1v) is 8.88. The fourth-order valence-corrected chi connectivity index (χ4v) is 3.90. The summed E-state index contributed by atoms with van der Waals surface area (Å²) < 4.78 is 42.1. The minimum Gasteiger partial charge on any atom is -0.405 e. The van der Waals surface area contributed by atoms with Crippen molar-refractivity contribution in [2.45, 2.75) is 31.5 Å². The van der Waals surface area contributed by atoms with Crippen molar-refractivity contribution >= 4 is 17.3 Å². The molecule has 2 aliphatic rings.